The van der Waals surface area contributed by atoms with E-state index in [1.165, 1.54) is 13.2 Å². The van der Waals surface area contributed by atoms with E-state index >= 15 is 0 Å². The lowest BCUT2D eigenvalue weighted by molar-refractivity contribution is 0.0600. The number of esters is 1. The van der Waals surface area contributed by atoms with Gasteiger partial charge in [0, 0.05) is 5.69 Å². The fourth-order valence-corrected chi connectivity index (χ4v) is 0.969. The first kappa shape index (κ1) is 8.52. The number of aryl methyl sites for hydroxylation is 1. The number of aromatic nitrogens is 1. The summed E-state index contributed by atoms with van der Waals surface area (Å²) >= 11 is 0. The van der Waals surface area contributed by atoms with Gasteiger partial charge in [0.1, 0.15) is 0 Å². The molecule has 0 saturated carbocycles. The first-order chi connectivity index (χ1) is 5.69. The van der Waals surface area contributed by atoms with Crippen LogP contribution in [0.5, 0.6) is 0 Å². The average Bonchev–Trinajstić information content (AvgIpc) is 2.45. The molecule has 0 aliphatic rings. The highest BCUT2D eigenvalue weighted by Gasteiger charge is 2.11. The molecule has 0 fully saturated rings. The number of methoxy groups -OCH3 is 1. The Hall–Kier alpha value is -1.58. The average molecular weight is 167 g/mol. The largest absolute Gasteiger partial charge is 0.465 e. The summed E-state index contributed by atoms with van der Waals surface area (Å²) in [4.78, 5) is 24.0. The summed E-state index contributed by atoms with van der Waals surface area (Å²) in [5, 5.41) is 0. The minimum atomic E-state index is -0.433. The second kappa shape index (κ2) is 3.21. The van der Waals surface area contributed by atoms with Gasteiger partial charge in [0.15, 0.2) is 6.29 Å². The molecule has 4 nitrogen and oxygen atoms in total. The molecular formula is C8H9NO3. The number of carbonyl (C=O) groups excluding carboxylic acids is 2. The molecule has 0 bridgehead atoms. The smallest absolute Gasteiger partial charge is 0.339 e. The van der Waals surface area contributed by atoms with E-state index in [2.05, 4.69) is 9.72 Å². The molecule has 64 valence electrons. The van der Waals surface area contributed by atoms with Crippen LogP contribution in [0.4, 0.5) is 0 Å². The summed E-state index contributed by atoms with van der Waals surface area (Å²) in [7, 11) is 1.30. The molecule has 1 aromatic heterocycles. The van der Waals surface area contributed by atoms with E-state index in [9.17, 15) is 9.59 Å². The number of rotatable bonds is 2. The predicted molar refractivity (Wildman–Crippen MR) is 42.3 cm³/mol. The summed E-state index contributed by atoms with van der Waals surface area (Å²) in [6.45, 7) is 1.71. The van der Waals surface area contributed by atoms with Gasteiger partial charge in [0.05, 0.1) is 18.4 Å². The standard InChI is InChI=1S/C8H9NO3/c1-5-7(8(11)12-2)3-6(4-10)9-5/h3-4,9H,1-2H3. The van der Waals surface area contributed by atoms with Crippen molar-refractivity contribution in [3.8, 4) is 0 Å². The number of ether oxygens (including phenoxy) is 1. The first-order valence-electron chi connectivity index (χ1n) is 3.42. The van der Waals surface area contributed by atoms with Crippen LogP contribution in [-0.2, 0) is 4.74 Å². The maximum Gasteiger partial charge on any atom is 0.339 e. The number of hydrogen-bond acceptors (Lipinski definition) is 3. The molecule has 0 saturated heterocycles. The van der Waals surface area contributed by atoms with Crippen molar-refractivity contribution in [1.29, 1.82) is 0 Å². The summed E-state index contributed by atoms with van der Waals surface area (Å²) in [5.74, 6) is -0.433. The molecule has 0 aliphatic heterocycles. The van der Waals surface area contributed by atoms with Crippen molar-refractivity contribution < 1.29 is 14.3 Å². The number of H-pyrrole nitrogens is 1. The number of hydrogen-bond donors (Lipinski definition) is 1. The number of nitrogens with one attached hydrogen (secondary N) is 1. The summed E-state index contributed by atoms with van der Waals surface area (Å²) in [6, 6.07) is 1.47. The van der Waals surface area contributed by atoms with Crippen LogP contribution in [0, 0.1) is 6.92 Å². The fraction of sp³-hybridized carbons (Fsp3) is 0.250. The molecular weight excluding hydrogens is 158 g/mol. The van der Waals surface area contributed by atoms with E-state index in [0.717, 1.165) is 0 Å². The number of carbonyl (C=O) groups is 2. The Morgan fingerprint density at radius 2 is 2.33 bits per heavy atom. The molecule has 4 heteroatoms. The first-order valence-corrected chi connectivity index (χ1v) is 3.42. The third-order valence-corrected chi connectivity index (χ3v) is 1.57. The molecule has 1 aromatic rings. The van der Waals surface area contributed by atoms with E-state index < -0.39 is 5.97 Å². The van der Waals surface area contributed by atoms with Crippen molar-refractivity contribution >= 4 is 12.3 Å². The van der Waals surface area contributed by atoms with Gasteiger partial charge in [-0.15, -0.1) is 0 Å². The van der Waals surface area contributed by atoms with E-state index in [1.807, 2.05) is 0 Å². The van der Waals surface area contributed by atoms with Crippen LogP contribution < -0.4 is 0 Å². The zero-order chi connectivity index (χ0) is 9.14. The second-order valence-corrected chi connectivity index (χ2v) is 2.37. The Morgan fingerprint density at radius 1 is 1.67 bits per heavy atom. The van der Waals surface area contributed by atoms with E-state index in [0.29, 0.717) is 23.2 Å². The van der Waals surface area contributed by atoms with E-state index in [1.54, 1.807) is 6.92 Å². The van der Waals surface area contributed by atoms with Gasteiger partial charge >= 0.3 is 5.97 Å². The Labute approximate surface area is 69.5 Å². The molecule has 1 N–H and O–H groups in total. The van der Waals surface area contributed by atoms with E-state index in [-0.39, 0.29) is 0 Å². The maximum absolute atomic E-state index is 11.0. The van der Waals surface area contributed by atoms with Gasteiger partial charge in [0.2, 0.25) is 0 Å². The van der Waals surface area contributed by atoms with Gasteiger partial charge in [-0.25, -0.2) is 4.79 Å². The molecule has 0 unspecified atom stereocenters. The third-order valence-electron chi connectivity index (χ3n) is 1.57. The lowest BCUT2D eigenvalue weighted by Gasteiger charge is -1.94. The van der Waals surface area contributed by atoms with Crippen molar-refractivity contribution in [3.63, 3.8) is 0 Å². The van der Waals surface area contributed by atoms with Crippen molar-refractivity contribution in [1.82, 2.24) is 4.98 Å². The van der Waals surface area contributed by atoms with Crippen molar-refractivity contribution in [2.75, 3.05) is 7.11 Å². The van der Waals surface area contributed by atoms with Gasteiger partial charge in [0.25, 0.3) is 0 Å². The summed E-state index contributed by atoms with van der Waals surface area (Å²) in [6.07, 6.45) is 0.652. The highest BCUT2D eigenvalue weighted by molar-refractivity contribution is 5.92. The number of aldehydes is 1. The normalized spacial score (nSPS) is 9.50. The van der Waals surface area contributed by atoms with Gasteiger partial charge in [-0.05, 0) is 13.0 Å². The van der Waals surface area contributed by atoms with Gasteiger partial charge in [-0.1, -0.05) is 0 Å². The Bertz CT molecular complexity index is 314. The van der Waals surface area contributed by atoms with E-state index in [4.69, 9.17) is 0 Å². The molecule has 0 spiro atoms. The Kier molecular flexibility index (Phi) is 2.28. The molecule has 1 rings (SSSR count). The molecule has 0 aromatic carbocycles. The van der Waals surface area contributed by atoms with Crippen LogP contribution in [0.25, 0.3) is 0 Å². The van der Waals surface area contributed by atoms with Crippen molar-refractivity contribution in [3.05, 3.63) is 23.0 Å². The van der Waals surface area contributed by atoms with Crippen LogP contribution in [0.2, 0.25) is 0 Å². The predicted octanol–water partition coefficient (Wildman–Crippen LogP) is 0.922. The van der Waals surface area contributed by atoms with Crippen LogP contribution in [-0.4, -0.2) is 24.3 Å². The highest BCUT2D eigenvalue weighted by Crippen LogP contribution is 2.09. The van der Waals surface area contributed by atoms with Gasteiger partial charge in [-0.2, -0.15) is 0 Å². The monoisotopic (exact) mass is 167 g/mol. The molecule has 1 heterocycles. The number of aromatic amines is 1. The quantitative estimate of drug-likeness (QED) is 0.526. The molecule has 0 atom stereocenters. The molecule has 0 radical (unpaired) electrons. The maximum atomic E-state index is 11.0. The minimum Gasteiger partial charge on any atom is -0.465 e. The third kappa shape index (κ3) is 1.37. The van der Waals surface area contributed by atoms with Crippen LogP contribution in [0.3, 0.4) is 0 Å². The lowest BCUT2D eigenvalue weighted by atomic mass is 10.2. The zero-order valence-electron chi connectivity index (χ0n) is 6.88. The van der Waals surface area contributed by atoms with Crippen LogP contribution in [0.1, 0.15) is 26.5 Å². The topological polar surface area (TPSA) is 59.2 Å². The SMILES string of the molecule is COC(=O)c1cc(C=O)[nH]c1C. The Balaban J connectivity index is 3.07. The van der Waals surface area contributed by atoms with Crippen LogP contribution >= 0.6 is 0 Å². The minimum absolute atomic E-state index is 0.382. The summed E-state index contributed by atoms with van der Waals surface area (Å²) < 4.78 is 4.50. The zero-order valence-corrected chi connectivity index (χ0v) is 6.88. The van der Waals surface area contributed by atoms with Crippen molar-refractivity contribution in [2.45, 2.75) is 6.92 Å². The molecule has 12 heavy (non-hydrogen) atoms. The highest BCUT2D eigenvalue weighted by atomic mass is 16.5. The fourth-order valence-electron chi connectivity index (χ4n) is 0.969. The van der Waals surface area contributed by atoms with Gasteiger partial charge in [-0.3, -0.25) is 4.79 Å². The van der Waals surface area contributed by atoms with Crippen LogP contribution in [0.15, 0.2) is 6.07 Å². The Morgan fingerprint density at radius 3 is 2.75 bits per heavy atom. The van der Waals surface area contributed by atoms with Gasteiger partial charge < -0.3 is 9.72 Å². The van der Waals surface area contributed by atoms with Crippen molar-refractivity contribution in [2.24, 2.45) is 0 Å². The molecule has 0 amide bonds. The lowest BCUT2D eigenvalue weighted by Crippen LogP contribution is -2.00. The second-order valence-electron chi connectivity index (χ2n) is 2.37. The molecule has 0 aliphatic carbocycles. The summed E-state index contributed by atoms with van der Waals surface area (Å²) in [5.41, 5.74) is 1.43.